The van der Waals surface area contributed by atoms with E-state index in [1.807, 2.05) is 18.2 Å². The first-order valence-corrected chi connectivity index (χ1v) is 7.14. The molecule has 0 saturated carbocycles. The zero-order chi connectivity index (χ0) is 15.1. The number of anilines is 1. The average molecular weight is 291 g/mol. The molecule has 1 heterocycles. The Bertz CT molecular complexity index is 472. The summed E-state index contributed by atoms with van der Waals surface area (Å²) in [4.78, 5) is 23.3. The largest absolute Gasteiger partial charge is 0.381 e. The molecule has 0 unspecified atom stereocenters. The van der Waals surface area contributed by atoms with E-state index in [9.17, 15) is 9.59 Å². The van der Waals surface area contributed by atoms with Crippen LogP contribution in [-0.2, 0) is 9.53 Å². The first-order chi connectivity index (χ1) is 10.1. The van der Waals surface area contributed by atoms with Gasteiger partial charge in [0.2, 0.25) is 5.91 Å². The molecule has 1 atom stereocenters. The van der Waals surface area contributed by atoms with Gasteiger partial charge in [-0.1, -0.05) is 18.2 Å². The Hall–Kier alpha value is -2.08. The van der Waals surface area contributed by atoms with Crippen molar-refractivity contribution in [1.29, 1.82) is 0 Å². The zero-order valence-electron chi connectivity index (χ0n) is 11.9. The number of hydrogen-bond acceptors (Lipinski definition) is 3. The smallest absolute Gasteiger partial charge is 0.319 e. The lowest BCUT2D eigenvalue weighted by Gasteiger charge is -2.30. The summed E-state index contributed by atoms with van der Waals surface area (Å²) in [6.45, 7) is 1.31. The molecule has 0 radical (unpaired) electrons. The number of primary amides is 1. The fraction of sp³-hybridized carbons (Fsp3) is 0.467. The van der Waals surface area contributed by atoms with E-state index in [0.717, 1.165) is 12.8 Å². The standard InChI is InChI=1S/C15H21N3O3/c16-14(19)10-13(11-6-8-21-9-7-11)18-15(20)17-12-4-2-1-3-5-12/h1-5,11,13H,6-10H2,(H2,16,19)(H2,17,18,20)/t13-/m0/s1. The third kappa shape index (κ3) is 5.07. The number of urea groups is 1. The van der Waals surface area contributed by atoms with E-state index in [1.165, 1.54) is 0 Å². The normalized spacial score (nSPS) is 17.0. The van der Waals surface area contributed by atoms with Crippen LogP contribution >= 0.6 is 0 Å². The number of hydrogen-bond donors (Lipinski definition) is 3. The number of nitrogens with one attached hydrogen (secondary N) is 2. The van der Waals surface area contributed by atoms with Crippen LogP contribution in [0.4, 0.5) is 10.5 Å². The van der Waals surface area contributed by atoms with Gasteiger partial charge in [-0.2, -0.15) is 0 Å². The van der Waals surface area contributed by atoms with Gasteiger partial charge in [-0.05, 0) is 30.9 Å². The average Bonchev–Trinajstić information content (AvgIpc) is 2.48. The van der Waals surface area contributed by atoms with Gasteiger partial charge in [0.1, 0.15) is 0 Å². The maximum absolute atomic E-state index is 12.0. The van der Waals surface area contributed by atoms with E-state index in [2.05, 4.69) is 10.6 Å². The van der Waals surface area contributed by atoms with E-state index in [0.29, 0.717) is 18.9 Å². The summed E-state index contributed by atoms with van der Waals surface area (Å²) in [5.41, 5.74) is 5.99. The second kappa shape index (κ2) is 7.64. The van der Waals surface area contributed by atoms with Gasteiger partial charge in [-0.15, -0.1) is 0 Å². The third-order valence-electron chi connectivity index (χ3n) is 3.60. The molecule has 1 fully saturated rings. The van der Waals surface area contributed by atoms with E-state index in [4.69, 9.17) is 10.5 Å². The van der Waals surface area contributed by atoms with Crippen LogP contribution in [0.15, 0.2) is 30.3 Å². The maximum Gasteiger partial charge on any atom is 0.319 e. The van der Waals surface area contributed by atoms with Crippen LogP contribution < -0.4 is 16.4 Å². The van der Waals surface area contributed by atoms with Gasteiger partial charge < -0.3 is 21.1 Å². The summed E-state index contributed by atoms with van der Waals surface area (Å²) >= 11 is 0. The molecule has 1 aromatic carbocycles. The highest BCUT2D eigenvalue weighted by Crippen LogP contribution is 2.21. The Morgan fingerprint density at radius 3 is 2.52 bits per heavy atom. The summed E-state index contributed by atoms with van der Waals surface area (Å²) in [5.74, 6) is -0.195. The lowest BCUT2D eigenvalue weighted by Crippen LogP contribution is -2.46. The Labute approximate surface area is 124 Å². The minimum atomic E-state index is -0.411. The molecule has 114 valence electrons. The number of rotatable bonds is 5. The summed E-state index contributed by atoms with van der Waals surface area (Å²) in [6, 6.07) is 8.59. The van der Waals surface area contributed by atoms with Crippen LogP contribution in [0.25, 0.3) is 0 Å². The molecular formula is C15H21N3O3. The van der Waals surface area contributed by atoms with Crippen LogP contribution in [0, 0.1) is 5.92 Å². The number of para-hydroxylation sites is 1. The highest BCUT2D eigenvalue weighted by molar-refractivity contribution is 5.89. The number of carbonyl (C=O) groups excluding carboxylic acids is 2. The molecule has 4 N–H and O–H groups in total. The molecule has 1 aliphatic heterocycles. The molecule has 0 aliphatic carbocycles. The van der Waals surface area contributed by atoms with E-state index >= 15 is 0 Å². The maximum atomic E-state index is 12.0. The first kappa shape index (κ1) is 15.3. The quantitative estimate of drug-likeness (QED) is 0.767. The molecule has 3 amide bonds. The molecule has 0 spiro atoms. The second-order valence-corrected chi connectivity index (χ2v) is 5.19. The van der Waals surface area contributed by atoms with E-state index in [-0.39, 0.29) is 24.4 Å². The van der Waals surface area contributed by atoms with Crippen LogP contribution in [-0.4, -0.2) is 31.2 Å². The number of ether oxygens (including phenoxy) is 1. The zero-order valence-corrected chi connectivity index (χ0v) is 11.9. The summed E-state index contributed by atoms with van der Waals surface area (Å²) in [7, 11) is 0. The van der Waals surface area contributed by atoms with Crippen LogP contribution in [0.2, 0.25) is 0 Å². The Balaban J connectivity index is 1.93. The molecule has 6 heteroatoms. The van der Waals surface area contributed by atoms with Gasteiger partial charge in [-0.25, -0.2) is 4.79 Å². The number of nitrogens with two attached hydrogens (primary N) is 1. The molecule has 21 heavy (non-hydrogen) atoms. The fourth-order valence-corrected chi connectivity index (χ4v) is 2.53. The number of amides is 3. The minimum absolute atomic E-state index is 0.146. The molecule has 1 aromatic rings. The summed E-state index contributed by atoms with van der Waals surface area (Å²) < 4.78 is 5.31. The lowest BCUT2D eigenvalue weighted by molar-refractivity contribution is -0.118. The molecule has 1 saturated heterocycles. The summed E-state index contributed by atoms with van der Waals surface area (Å²) in [5, 5.41) is 5.61. The van der Waals surface area contributed by atoms with Crippen molar-refractivity contribution in [2.75, 3.05) is 18.5 Å². The van der Waals surface area contributed by atoms with Gasteiger partial charge in [0.25, 0.3) is 0 Å². The Kier molecular flexibility index (Phi) is 5.57. The van der Waals surface area contributed by atoms with Gasteiger partial charge >= 0.3 is 6.03 Å². The predicted molar refractivity (Wildman–Crippen MR) is 79.7 cm³/mol. The van der Waals surface area contributed by atoms with Gasteiger partial charge in [0.05, 0.1) is 0 Å². The molecular weight excluding hydrogens is 270 g/mol. The molecule has 0 bridgehead atoms. The Morgan fingerprint density at radius 1 is 1.24 bits per heavy atom. The van der Waals surface area contributed by atoms with E-state index < -0.39 is 5.91 Å². The molecule has 2 rings (SSSR count). The third-order valence-corrected chi connectivity index (χ3v) is 3.60. The number of benzene rings is 1. The highest BCUT2D eigenvalue weighted by Gasteiger charge is 2.26. The highest BCUT2D eigenvalue weighted by atomic mass is 16.5. The van der Waals surface area contributed by atoms with Crippen molar-refractivity contribution in [1.82, 2.24) is 5.32 Å². The van der Waals surface area contributed by atoms with Crippen LogP contribution in [0.3, 0.4) is 0 Å². The molecule has 0 aromatic heterocycles. The van der Waals surface area contributed by atoms with E-state index in [1.54, 1.807) is 12.1 Å². The van der Waals surface area contributed by atoms with Crippen molar-refractivity contribution >= 4 is 17.6 Å². The second-order valence-electron chi connectivity index (χ2n) is 5.19. The van der Waals surface area contributed by atoms with Crippen LogP contribution in [0.1, 0.15) is 19.3 Å². The predicted octanol–water partition coefficient (Wildman–Crippen LogP) is 1.48. The first-order valence-electron chi connectivity index (χ1n) is 7.14. The monoisotopic (exact) mass is 291 g/mol. The fourth-order valence-electron chi connectivity index (χ4n) is 2.53. The molecule has 6 nitrogen and oxygen atoms in total. The Morgan fingerprint density at radius 2 is 1.90 bits per heavy atom. The SMILES string of the molecule is NC(=O)C[C@H](NC(=O)Nc1ccccc1)C1CCOCC1. The van der Waals surface area contributed by atoms with Crippen LogP contribution in [0.5, 0.6) is 0 Å². The summed E-state index contributed by atoms with van der Waals surface area (Å²) in [6.07, 6.45) is 1.79. The number of carbonyl (C=O) groups is 2. The van der Waals surface area contributed by atoms with Gasteiger partial charge in [0.15, 0.2) is 0 Å². The van der Waals surface area contributed by atoms with Crippen molar-refractivity contribution in [3.63, 3.8) is 0 Å². The van der Waals surface area contributed by atoms with Crippen molar-refractivity contribution in [2.45, 2.75) is 25.3 Å². The van der Waals surface area contributed by atoms with Gasteiger partial charge in [0, 0.05) is 31.4 Å². The molecule has 1 aliphatic rings. The van der Waals surface area contributed by atoms with Crippen molar-refractivity contribution < 1.29 is 14.3 Å². The van der Waals surface area contributed by atoms with Gasteiger partial charge in [-0.3, -0.25) is 4.79 Å². The minimum Gasteiger partial charge on any atom is -0.381 e. The van der Waals surface area contributed by atoms with Crippen molar-refractivity contribution in [3.05, 3.63) is 30.3 Å². The van der Waals surface area contributed by atoms with Crippen molar-refractivity contribution in [2.24, 2.45) is 11.7 Å². The topological polar surface area (TPSA) is 93.5 Å². The lowest BCUT2D eigenvalue weighted by atomic mass is 9.89. The van der Waals surface area contributed by atoms with Crippen molar-refractivity contribution in [3.8, 4) is 0 Å².